The van der Waals surface area contributed by atoms with Crippen LogP contribution in [0.1, 0.15) is 39.2 Å². The number of amides is 1. The van der Waals surface area contributed by atoms with Gasteiger partial charge in [-0.05, 0) is 51.0 Å². The van der Waals surface area contributed by atoms with Crippen molar-refractivity contribution in [1.82, 2.24) is 10.3 Å². The average molecular weight is 392 g/mol. The number of alkyl carbamates (subject to hydrolysis) is 1. The smallest absolute Gasteiger partial charge is 0.407 e. The molecule has 0 aliphatic heterocycles. The van der Waals surface area contributed by atoms with Crippen molar-refractivity contribution in [1.29, 1.82) is 0 Å². The van der Waals surface area contributed by atoms with Crippen LogP contribution in [0.5, 0.6) is 5.75 Å². The molecule has 28 heavy (non-hydrogen) atoms. The van der Waals surface area contributed by atoms with Crippen LogP contribution in [0.4, 0.5) is 4.79 Å². The predicted molar refractivity (Wildman–Crippen MR) is 106 cm³/mol. The van der Waals surface area contributed by atoms with Gasteiger partial charge in [0, 0.05) is 30.1 Å². The van der Waals surface area contributed by atoms with E-state index in [2.05, 4.69) is 10.3 Å². The van der Waals surface area contributed by atoms with Crippen LogP contribution in [-0.2, 0) is 20.7 Å². The van der Waals surface area contributed by atoms with Crippen LogP contribution in [-0.4, -0.2) is 47.7 Å². The minimum absolute atomic E-state index is 0.0521. The number of aromatic nitrogens is 1. The van der Waals surface area contributed by atoms with Crippen LogP contribution >= 0.6 is 0 Å². The van der Waals surface area contributed by atoms with E-state index in [9.17, 15) is 14.4 Å². The quantitative estimate of drug-likeness (QED) is 0.622. The third-order valence-electron chi connectivity index (χ3n) is 3.51. The van der Waals surface area contributed by atoms with Crippen molar-refractivity contribution in [3.05, 3.63) is 30.0 Å². The SMILES string of the molecule is COc1ccc2[nH]cc(CCNC(=O)OC(C)(C)C)c2c1.O=CCCC(=O)O. The number of benzene rings is 1. The van der Waals surface area contributed by atoms with Crippen molar-refractivity contribution in [2.45, 2.75) is 45.6 Å². The average Bonchev–Trinajstić information content (AvgIpc) is 3.01. The van der Waals surface area contributed by atoms with E-state index in [-0.39, 0.29) is 18.9 Å². The second-order valence-electron chi connectivity index (χ2n) is 7.00. The van der Waals surface area contributed by atoms with Crippen LogP contribution in [0, 0.1) is 0 Å². The summed E-state index contributed by atoms with van der Waals surface area (Å²) in [5.74, 6) is -0.101. The highest BCUT2D eigenvalue weighted by Gasteiger charge is 2.15. The molecule has 8 heteroatoms. The van der Waals surface area contributed by atoms with E-state index in [1.54, 1.807) is 7.11 Å². The number of hydrogen-bond donors (Lipinski definition) is 3. The van der Waals surface area contributed by atoms with E-state index in [0.717, 1.165) is 28.6 Å². The molecule has 0 atom stereocenters. The van der Waals surface area contributed by atoms with Gasteiger partial charge in [-0.2, -0.15) is 0 Å². The van der Waals surface area contributed by atoms with Gasteiger partial charge in [-0.1, -0.05) is 0 Å². The van der Waals surface area contributed by atoms with E-state index in [1.807, 2.05) is 45.2 Å². The molecule has 1 aromatic heterocycles. The lowest BCUT2D eigenvalue weighted by Gasteiger charge is -2.19. The Morgan fingerprint density at radius 3 is 2.54 bits per heavy atom. The van der Waals surface area contributed by atoms with Crippen molar-refractivity contribution in [3.63, 3.8) is 0 Å². The second kappa shape index (κ2) is 11.0. The molecule has 0 aliphatic rings. The Morgan fingerprint density at radius 2 is 2.00 bits per heavy atom. The van der Waals surface area contributed by atoms with E-state index in [1.165, 1.54) is 0 Å². The lowest BCUT2D eigenvalue weighted by Crippen LogP contribution is -2.33. The number of nitrogens with one attached hydrogen (secondary N) is 2. The first kappa shape index (κ1) is 23.0. The molecular weight excluding hydrogens is 364 g/mol. The maximum Gasteiger partial charge on any atom is 0.407 e. The molecule has 3 N–H and O–H groups in total. The van der Waals surface area contributed by atoms with Crippen LogP contribution in [0.3, 0.4) is 0 Å². The highest BCUT2D eigenvalue weighted by molar-refractivity contribution is 5.84. The molecule has 1 amide bonds. The molecule has 0 aliphatic carbocycles. The number of aldehydes is 1. The van der Waals surface area contributed by atoms with Crippen LogP contribution < -0.4 is 10.1 Å². The summed E-state index contributed by atoms with van der Waals surface area (Å²) in [5.41, 5.74) is 1.72. The van der Waals surface area contributed by atoms with Crippen LogP contribution in [0.25, 0.3) is 10.9 Å². The zero-order valence-corrected chi connectivity index (χ0v) is 16.7. The number of hydrogen-bond acceptors (Lipinski definition) is 5. The van der Waals surface area contributed by atoms with E-state index < -0.39 is 11.6 Å². The van der Waals surface area contributed by atoms with E-state index >= 15 is 0 Å². The zero-order chi connectivity index (χ0) is 21.2. The van der Waals surface area contributed by atoms with Gasteiger partial charge in [-0.25, -0.2) is 4.79 Å². The summed E-state index contributed by atoms with van der Waals surface area (Å²) >= 11 is 0. The molecule has 0 spiro atoms. The highest BCUT2D eigenvalue weighted by Crippen LogP contribution is 2.23. The maximum absolute atomic E-state index is 11.6. The third-order valence-corrected chi connectivity index (χ3v) is 3.51. The molecule has 0 fully saturated rings. The highest BCUT2D eigenvalue weighted by atomic mass is 16.6. The Balaban J connectivity index is 0.000000480. The van der Waals surface area contributed by atoms with E-state index in [0.29, 0.717) is 12.8 Å². The number of carboxylic acid groups (broad SMARTS) is 1. The first-order valence-electron chi connectivity index (χ1n) is 8.92. The third kappa shape index (κ3) is 8.57. The van der Waals surface area contributed by atoms with Gasteiger partial charge < -0.3 is 29.7 Å². The summed E-state index contributed by atoms with van der Waals surface area (Å²) in [6, 6.07) is 5.90. The fraction of sp³-hybridized carbons (Fsp3) is 0.450. The molecule has 8 nitrogen and oxygen atoms in total. The Bertz CT molecular complexity index is 792. The van der Waals surface area contributed by atoms with Crippen molar-refractivity contribution < 1.29 is 29.0 Å². The number of H-pyrrole nitrogens is 1. The van der Waals surface area contributed by atoms with E-state index in [4.69, 9.17) is 14.6 Å². The fourth-order valence-corrected chi connectivity index (χ4v) is 2.29. The summed E-state index contributed by atoms with van der Waals surface area (Å²) in [6.07, 6.45) is 2.96. The number of rotatable bonds is 7. The number of aliphatic carboxylic acids is 1. The monoisotopic (exact) mass is 392 g/mol. The molecule has 2 rings (SSSR count). The van der Waals surface area contributed by atoms with Crippen molar-refractivity contribution in [2.24, 2.45) is 0 Å². The number of carbonyl (C=O) groups excluding carboxylic acids is 2. The number of aromatic amines is 1. The minimum atomic E-state index is -0.924. The van der Waals surface area contributed by atoms with Gasteiger partial charge in [-0.15, -0.1) is 0 Å². The molecule has 0 radical (unpaired) electrons. The lowest BCUT2D eigenvalue weighted by molar-refractivity contribution is -0.137. The summed E-state index contributed by atoms with van der Waals surface area (Å²) in [5, 5.41) is 11.8. The summed E-state index contributed by atoms with van der Waals surface area (Å²) in [6.45, 7) is 6.06. The van der Waals surface area contributed by atoms with Gasteiger partial charge in [0.05, 0.1) is 13.5 Å². The summed E-state index contributed by atoms with van der Waals surface area (Å²) < 4.78 is 10.4. The number of methoxy groups -OCH3 is 1. The Labute approximate surface area is 164 Å². The van der Waals surface area contributed by atoms with Crippen LogP contribution in [0.2, 0.25) is 0 Å². The van der Waals surface area contributed by atoms with Crippen LogP contribution in [0.15, 0.2) is 24.4 Å². The molecule has 1 aromatic carbocycles. The standard InChI is InChI=1S/C16H22N2O3.C4H6O3/c1-16(2,3)21-15(19)17-8-7-11-10-18-14-6-5-12(20-4)9-13(11)14;5-3-1-2-4(6)7/h5-6,9-10,18H,7-8H2,1-4H3,(H,17,19);3H,1-2H2,(H,6,7). The molecule has 154 valence electrons. The first-order valence-corrected chi connectivity index (χ1v) is 8.92. The molecule has 0 bridgehead atoms. The minimum Gasteiger partial charge on any atom is -0.497 e. The van der Waals surface area contributed by atoms with Gasteiger partial charge in [0.2, 0.25) is 0 Å². The molecule has 1 heterocycles. The topological polar surface area (TPSA) is 118 Å². The normalized spacial score (nSPS) is 10.6. The summed E-state index contributed by atoms with van der Waals surface area (Å²) in [7, 11) is 1.65. The number of carboxylic acids is 1. The number of fused-ring (bicyclic) bond motifs is 1. The maximum atomic E-state index is 11.6. The molecule has 0 saturated carbocycles. The predicted octanol–water partition coefficient (Wildman–Crippen LogP) is 3.29. The number of ether oxygens (including phenoxy) is 2. The Kier molecular flexibility index (Phi) is 9.01. The Morgan fingerprint density at radius 1 is 1.29 bits per heavy atom. The Hall–Kier alpha value is -3.03. The van der Waals surface area contributed by atoms with Gasteiger partial charge in [0.25, 0.3) is 0 Å². The zero-order valence-electron chi connectivity index (χ0n) is 16.7. The summed E-state index contributed by atoms with van der Waals surface area (Å²) in [4.78, 5) is 33.9. The van der Waals surface area contributed by atoms with Gasteiger partial charge in [0.1, 0.15) is 17.6 Å². The first-order chi connectivity index (χ1) is 13.2. The number of carbonyl (C=O) groups is 3. The van der Waals surface area contributed by atoms with Gasteiger partial charge >= 0.3 is 12.1 Å². The molecular formula is C20H28N2O6. The molecule has 0 unspecified atom stereocenters. The molecule has 2 aromatic rings. The van der Waals surface area contributed by atoms with Crippen molar-refractivity contribution in [2.75, 3.05) is 13.7 Å². The largest absolute Gasteiger partial charge is 0.497 e. The van der Waals surface area contributed by atoms with Crippen molar-refractivity contribution >= 4 is 29.3 Å². The lowest BCUT2D eigenvalue weighted by atomic mass is 10.1. The second-order valence-corrected chi connectivity index (χ2v) is 7.00. The fourth-order valence-electron chi connectivity index (χ4n) is 2.29. The molecule has 0 saturated heterocycles. The van der Waals surface area contributed by atoms with Gasteiger partial charge in [-0.3, -0.25) is 4.79 Å². The van der Waals surface area contributed by atoms with Gasteiger partial charge in [0.15, 0.2) is 0 Å². The van der Waals surface area contributed by atoms with Crippen molar-refractivity contribution in [3.8, 4) is 5.75 Å².